The van der Waals surface area contributed by atoms with Gasteiger partial charge in [0.25, 0.3) is 11.8 Å². The zero-order valence-corrected chi connectivity index (χ0v) is 31.4. The highest BCUT2D eigenvalue weighted by atomic mass is 16.5. The van der Waals surface area contributed by atoms with Gasteiger partial charge in [-0.15, -0.1) is 10.2 Å². The molecule has 0 atom stereocenters. The fourth-order valence-corrected chi connectivity index (χ4v) is 5.61. The van der Waals surface area contributed by atoms with E-state index in [2.05, 4.69) is 50.7 Å². The molecule has 16 heteroatoms. The van der Waals surface area contributed by atoms with E-state index in [4.69, 9.17) is 9.47 Å². The third-order valence-corrected chi connectivity index (χ3v) is 8.45. The molecule has 0 unspecified atom stereocenters. The maximum Gasteiger partial charge on any atom is 0.285 e. The van der Waals surface area contributed by atoms with Crippen molar-refractivity contribution in [3.63, 3.8) is 0 Å². The number of ether oxygens (including phenoxy) is 2. The van der Waals surface area contributed by atoms with E-state index in [0.29, 0.717) is 64.8 Å². The minimum atomic E-state index is -0.368. The molecule has 2 N–H and O–H groups in total. The van der Waals surface area contributed by atoms with Gasteiger partial charge >= 0.3 is 0 Å². The van der Waals surface area contributed by atoms with Crippen LogP contribution in [0.3, 0.4) is 0 Å². The van der Waals surface area contributed by atoms with Crippen molar-refractivity contribution in [2.75, 3.05) is 24.9 Å². The highest BCUT2D eigenvalue weighted by Gasteiger charge is 2.23. The van der Waals surface area contributed by atoms with Gasteiger partial charge < -0.3 is 20.1 Å². The Balaban J connectivity index is 0.000000177. The predicted octanol–water partition coefficient (Wildman–Crippen LogP) is 6.09. The molecular weight excluding hydrogens is 737 g/mol. The van der Waals surface area contributed by atoms with Gasteiger partial charge in [0.05, 0.1) is 30.9 Å². The smallest absolute Gasteiger partial charge is 0.285 e. The molecule has 0 fully saturated rings. The topological polar surface area (TPSA) is 190 Å². The van der Waals surface area contributed by atoms with Crippen LogP contribution in [0.5, 0.6) is 11.5 Å². The summed E-state index contributed by atoms with van der Waals surface area (Å²) in [7, 11) is 3.04. The number of nitrogens with one attached hydrogen (secondary N) is 2. The zero-order valence-electron chi connectivity index (χ0n) is 31.4. The summed E-state index contributed by atoms with van der Waals surface area (Å²) in [5, 5.41) is 15.1. The summed E-state index contributed by atoms with van der Waals surface area (Å²) < 4.78 is 13.1. The largest absolute Gasteiger partial charge is 0.496 e. The Hall–Kier alpha value is -8.14. The van der Waals surface area contributed by atoms with Crippen molar-refractivity contribution >= 4 is 23.7 Å². The molecule has 0 spiro atoms. The molecule has 0 saturated heterocycles. The van der Waals surface area contributed by atoms with Gasteiger partial charge in [0.2, 0.25) is 17.7 Å². The molecule has 0 amide bonds. The lowest BCUT2D eigenvalue weighted by Crippen LogP contribution is -2.18. The van der Waals surface area contributed by atoms with Crippen molar-refractivity contribution in [1.29, 1.82) is 0 Å². The lowest BCUT2D eigenvalue weighted by atomic mass is 10.2. The Morgan fingerprint density at radius 3 is 1.50 bits per heavy atom. The number of carbonyl (C=O) groups excluding carboxylic acids is 2. The Labute approximate surface area is 332 Å². The monoisotopic (exact) mass is 772 g/mol. The van der Waals surface area contributed by atoms with Gasteiger partial charge in [-0.05, 0) is 41.5 Å². The van der Waals surface area contributed by atoms with E-state index in [1.807, 2.05) is 60.7 Å². The molecule has 0 bridgehead atoms. The van der Waals surface area contributed by atoms with Crippen LogP contribution in [0.1, 0.15) is 31.8 Å². The summed E-state index contributed by atoms with van der Waals surface area (Å²) in [5.41, 5.74) is 3.48. The minimum absolute atomic E-state index is 0.254. The lowest BCUT2D eigenvalue weighted by Gasteiger charge is -2.09. The molecule has 58 heavy (non-hydrogen) atoms. The van der Waals surface area contributed by atoms with E-state index in [-0.39, 0.29) is 17.6 Å². The number of nitrogens with zero attached hydrogens (tertiary/aromatic N) is 10. The van der Waals surface area contributed by atoms with Crippen molar-refractivity contribution in [1.82, 2.24) is 49.5 Å². The van der Waals surface area contributed by atoms with E-state index in [1.54, 1.807) is 79.4 Å². The highest BCUT2D eigenvalue weighted by Crippen LogP contribution is 2.24. The third-order valence-electron chi connectivity index (χ3n) is 8.45. The first kappa shape index (κ1) is 38.1. The summed E-state index contributed by atoms with van der Waals surface area (Å²) >= 11 is 0. The maximum atomic E-state index is 13.2. The van der Waals surface area contributed by atoms with Crippen molar-refractivity contribution in [3.8, 4) is 34.5 Å². The molecule has 0 radical (unpaired) electrons. The van der Waals surface area contributed by atoms with Crippen molar-refractivity contribution in [2.45, 2.75) is 13.1 Å². The molecule has 0 aliphatic heterocycles. The van der Waals surface area contributed by atoms with Gasteiger partial charge in [0.15, 0.2) is 11.6 Å². The van der Waals surface area contributed by atoms with Gasteiger partial charge in [0.1, 0.15) is 17.8 Å². The third kappa shape index (κ3) is 9.03. The number of hydrogen-bond acceptors (Lipinski definition) is 14. The first-order chi connectivity index (χ1) is 28.5. The second-order valence-corrected chi connectivity index (χ2v) is 12.2. The van der Waals surface area contributed by atoms with Gasteiger partial charge in [-0.25, -0.2) is 19.9 Å². The Kier molecular flexibility index (Phi) is 12.1. The van der Waals surface area contributed by atoms with Gasteiger partial charge in [-0.1, -0.05) is 84.9 Å². The van der Waals surface area contributed by atoms with E-state index >= 15 is 0 Å². The number of para-hydroxylation sites is 2. The van der Waals surface area contributed by atoms with Crippen molar-refractivity contribution in [2.24, 2.45) is 0 Å². The zero-order chi connectivity index (χ0) is 40.1. The van der Waals surface area contributed by atoms with Gasteiger partial charge in [-0.2, -0.15) is 19.3 Å². The summed E-state index contributed by atoms with van der Waals surface area (Å²) in [5.74, 6) is 1.76. The Morgan fingerprint density at radius 2 is 1.00 bits per heavy atom. The number of carbonyl (C=O) groups is 2. The molecule has 0 saturated carbocycles. The maximum absolute atomic E-state index is 13.2. The molecule has 8 aromatic rings. The fraction of sp³-hybridized carbons (Fsp3) is 0.0952. The van der Waals surface area contributed by atoms with E-state index in [1.165, 1.54) is 29.9 Å². The highest BCUT2D eigenvalue weighted by molar-refractivity contribution is 6.00. The van der Waals surface area contributed by atoms with E-state index < -0.39 is 0 Å². The minimum Gasteiger partial charge on any atom is -0.496 e. The van der Waals surface area contributed by atoms with Crippen molar-refractivity contribution in [3.05, 3.63) is 169 Å². The standard InChI is InChI=1S/2C21H18N6O2/c1-29-17-11-6-5-10-16(17)20(28)27-21(24-14-15-8-3-2-4-9-15)25-19(26-27)18-22-12-7-13-23-18;1-29-18-10-6-5-9-17(18)20(28)27-21(24-11-15-7-3-2-4-8-15)25-19(26-27)16-12-22-14-23-13-16/h2-13H,14H2,1H3,(H,24,25,26);2-10,12-14H,11H2,1H3,(H,24,25,26). The summed E-state index contributed by atoms with van der Waals surface area (Å²) in [6.07, 6.45) is 7.82. The first-order valence-electron chi connectivity index (χ1n) is 17.9. The van der Waals surface area contributed by atoms with Gasteiger partial charge in [-0.3, -0.25) is 9.59 Å². The second kappa shape index (κ2) is 18.5. The average Bonchev–Trinajstić information content (AvgIpc) is 3.94. The molecule has 4 heterocycles. The predicted molar refractivity (Wildman–Crippen MR) is 215 cm³/mol. The van der Waals surface area contributed by atoms with Crippen LogP contribution in [-0.4, -0.2) is 75.5 Å². The molecule has 0 aliphatic rings. The van der Waals surface area contributed by atoms with Crippen LogP contribution in [-0.2, 0) is 13.1 Å². The normalized spacial score (nSPS) is 10.5. The number of rotatable bonds is 12. The van der Waals surface area contributed by atoms with Crippen LogP contribution in [0, 0.1) is 0 Å². The SMILES string of the molecule is COc1ccccc1C(=O)n1nc(-c2cncnc2)nc1NCc1ccccc1.COc1ccccc1C(=O)n1nc(-c2ncccn2)nc1NCc1ccccc1. The first-order valence-corrected chi connectivity index (χ1v) is 17.9. The van der Waals surface area contributed by atoms with Crippen LogP contribution < -0.4 is 20.1 Å². The molecule has 8 rings (SSSR count). The average molecular weight is 773 g/mol. The molecule has 0 aliphatic carbocycles. The second-order valence-electron chi connectivity index (χ2n) is 12.2. The van der Waals surface area contributed by atoms with E-state index in [0.717, 1.165) is 11.1 Å². The lowest BCUT2D eigenvalue weighted by molar-refractivity contribution is 0.0936. The number of aromatic nitrogens is 10. The molecule has 4 aromatic heterocycles. The summed E-state index contributed by atoms with van der Waals surface area (Å²) in [4.78, 5) is 51.7. The number of methoxy groups -OCH3 is 2. The number of anilines is 2. The van der Waals surface area contributed by atoms with Gasteiger partial charge in [0, 0.05) is 37.9 Å². The fourth-order valence-electron chi connectivity index (χ4n) is 5.61. The molecule has 288 valence electrons. The molecule has 16 nitrogen and oxygen atoms in total. The molecule has 4 aromatic carbocycles. The number of benzene rings is 4. The van der Waals surface area contributed by atoms with Crippen molar-refractivity contribution < 1.29 is 19.1 Å². The molecular formula is C42H36N12O4. The van der Waals surface area contributed by atoms with Crippen LogP contribution in [0.4, 0.5) is 11.9 Å². The Morgan fingerprint density at radius 1 is 0.552 bits per heavy atom. The number of hydrogen-bond donors (Lipinski definition) is 2. The van der Waals surface area contributed by atoms with Crippen LogP contribution in [0.15, 0.2) is 146 Å². The van der Waals surface area contributed by atoms with Crippen LogP contribution >= 0.6 is 0 Å². The van der Waals surface area contributed by atoms with E-state index in [9.17, 15) is 9.59 Å². The van der Waals surface area contributed by atoms with Crippen LogP contribution in [0.25, 0.3) is 23.0 Å². The summed E-state index contributed by atoms with van der Waals surface area (Å²) in [6, 6.07) is 35.3. The van der Waals surface area contributed by atoms with Crippen LogP contribution in [0.2, 0.25) is 0 Å². The quantitative estimate of drug-likeness (QED) is 0.145. The summed E-state index contributed by atoms with van der Waals surface area (Å²) in [6.45, 7) is 0.970. The Bertz CT molecular complexity index is 2410.